The summed E-state index contributed by atoms with van der Waals surface area (Å²) >= 11 is 0. The third kappa shape index (κ3) is 3.58. The van der Waals surface area contributed by atoms with Gasteiger partial charge in [0.2, 0.25) is 0 Å². The van der Waals surface area contributed by atoms with Crippen molar-refractivity contribution in [1.29, 1.82) is 0 Å². The number of likely N-dealkylation sites (N-methyl/N-ethyl adjacent to an activating group) is 1. The van der Waals surface area contributed by atoms with Gasteiger partial charge in [-0.15, -0.1) is 0 Å². The van der Waals surface area contributed by atoms with Gasteiger partial charge in [0.25, 0.3) is 0 Å². The fourth-order valence-electron chi connectivity index (χ4n) is 3.49. The molecule has 0 atom stereocenters. The minimum absolute atomic E-state index is 0.671. The Bertz CT molecular complexity index is 452. The molecule has 0 aromatic heterocycles. The van der Waals surface area contributed by atoms with Crippen LogP contribution in [-0.4, -0.2) is 43.7 Å². The Morgan fingerprint density at radius 1 is 1.24 bits per heavy atom. The largest absolute Gasteiger partial charge is 0.496 e. The molecule has 3 rings (SSSR count). The molecule has 0 spiro atoms. The van der Waals surface area contributed by atoms with Crippen LogP contribution in [0.3, 0.4) is 0 Å². The molecule has 1 aromatic carbocycles. The number of para-hydroxylation sites is 1. The lowest BCUT2D eigenvalue weighted by atomic mass is 9.75. The van der Waals surface area contributed by atoms with Crippen molar-refractivity contribution in [2.75, 3.05) is 26.7 Å². The standard InChI is InChI=1S/C18H28N2O/c1-3-20(16-8-9-16)11-10-19-15-12-14(13-15)17-6-4-5-7-18(17)21-2/h4-7,14-16,19H,3,8-13H2,1-2H3. The number of methoxy groups -OCH3 is 1. The summed E-state index contributed by atoms with van der Waals surface area (Å²) in [6, 6.07) is 10.0. The molecule has 0 heterocycles. The molecule has 2 aliphatic carbocycles. The van der Waals surface area contributed by atoms with Crippen molar-refractivity contribution in [2.24, 2.45) is 0 Å². The lowest BCUT2D eigenvalue weighted by molar-refractivity contribution is 0.242. The number of ether oxygens (including phenoxy) is 1. The molecule has 1 N–H and O–H groups in total. The second kappa shape index (κ2) is 6.80. The number of hydrogen-bond acceptors (Lipinski definition) is 3. The molecular formula is C18H28N2O. The van der Waals surface area contributed by atoms with Crippen molar-refractivity contribution >= 4 is 0 Å². The van der Waals surface area contributed by atoms with E-state index >= 15 is 0 Å². The molecule has 3 heteroatoms. The molecule has 2 aliphatic rings. The fraction of sp³-hybridized carbons (Fsp3) is 0.667. The molecular weight excluding hydrogens is 260 g/mol. The Balaban J connectivity index is 1.39. The van der Waals surface area contributed by atoms with Gasteiger partial charge in [0.05, 0.1) is 7.11 Å². The zero-order chi connectivity index (χ0) is 14.7. The van der Waals surface area contributed by atoms with E-state index in [0.717, 1.165) is 18.3 Å². The first kappa shape index (κ1) is 14.9. The van der Waals surface area contributed by atoms with Gasteiger partial charge in [-0.2, -0.15) is 0 Å². The minimum Gasteiger partial charge on any atom is -0.496 e. The van der Waals surface area contributed by atoms with Crippen molar-refractivity contribution < 1.29 is 4.74 Å². The van der Waals surface area contributed by atoms with Gasteiger partial charge in [-0.25, -0.2) is 0 Å². The zero-order valence-corrected chi connectivity index (χ0v) is 13.3. The van der Waals surface area contributed by atoms with Gasteiger partial charge < -0.3 is 10.1 Å². The van der Waals surface area contributed by atoms with Crippen LogP contribution in [0.4, 0.5) is 0 Å². The molecule has 0 bridgehead atoms. The first-order chi connectivity index (χ1) is 10.3. The molecule has 0 amide bonds. The summed E-state index contributed by atoms with van der Waals surface area (Å²) in [7, 11) is 1.77. The van der Waals surface area contributed by atoms with E-state index < -0.39 is 0 Å². The van der Waals surface area contributed by atoms with Crippen LogP contribution in [0.2, 0.25) is 0 Å². The van der Waals surface area contributed by atoms with Gasteiger partial charge in [-0.05, 0) is 49.8 Å². The van der Waals surface area contributed by atoms with Gasteiger partial charge in [0.15, 0.2) is 0 Å². The normalized spacial score (nSPS) is 24.9. The minimum atomic E-state index is 0.671. The average Bonchev–Trinajstić information content (AvgIpc) is 3.30. The second-order valence-corrected chi connectivity index (χ2v) is 6.42. The van der Waals surface area contributed by atoms with Crippen LogP contribution in [0.15, 0.2) is 24.3 Å². The van der Waals surface area contributed by atoms with E-state index in [9.17, 15) is 0 Å². The van der Waals surface area contributed by atoms with E-state index in [2.05, 4.69) is 35.3 Å². The summed E-state index contributed by atoms with van der Waals surface area (Å²) in [6.07, 6.45) is 5.31. The molecule has 2 saturated carbocycles. The van der Waals surface area contributed by atoms with E-state index in [0.29, 0.717) is 12.0 Å². The summed E-state index contributed by atoms with van der Waals surface area (Å²) in [5.41, 5.74) is 1.38. The van der Waals surface area contributed by atoms with E-state index in [-0.39, 0.29) is 0 Å². The molecule has 0 unspecified atom stereocenters. The highest BCUT2D eigenvalue weighted by Gasteiger charge is 2.32. The van der Waals surface area contributed by atoms with Gasteiger partial charge >= 0.3 is 0 Å². The third-order valence-corrected chi connectivity index (χ3v) is 5.02. The highest BCUT2D eigenvalue weighted by molar-refractivity contribution is 5.37. The molecule has 116 valence electrons. The van der Waals surface area contributed by atoms with Gasteiger partial charge in [-0.3, -0.25) is 4.90 Å². The third-order valence-electron chi connectivity index (χ3n) is 5.02. The molecule has 2 fully saturated rings. The first-order valence-electron chi connectivity index (χ1n) is 8.42. The van der Waals surface area contributed by atoms with Crippen LogP contribution >= 0.6 is 0 Å². The predicted octanol–water partition coefficient (Wildman–Crippen LogP) is 3.02. The number of nitrogens with one attached hydrogen (secondary N) is 1. The monoisotopic (exact) mass is 288 g/mol. The maximum atomic E-state index is 5.47. The molecule has 0 radical (unpaired) electrons. The van der Waals surface area contributed by atoms with Gasteiger partial charge in [0, 0.05) is 25.2 Å². The molecule has 1 aromatic rings. The SMILES string of the molecule is CCN(CCNC1CC(c2ccccc2OC)C1)C1CC1. The number of hydrogen-bond donors (Lipinski definition) is 1. The molecule has 0 saturated heterocycles. The quantitative estimate of drug-likeness (QED) is 0.796. The maximum absolute atomic E-state index is 5.47. The fourth-order valence-corrected chi connectivity index (χ4v) is 3.49. The van der Waals surface area contributed by atoms with Crippen LogP contribution < -0.4 is 10.1 Å². The summed E-state index contributed by atoms with van der Waals surface area (Å²) in [6.45, 7) is 5.81. The van der Waals surface area contributed by atoms with Crippen LogP contribution in [0.1, 0.15) is 44.1 Å². The Kier molecular flexibility index (Phi) is 4.81. The van der Waals surface area contributed by atoms with E-state index in [1.54, 1.807) is 7.11 Å². The smallest absolute Gasteiger partial charge is 0.122 e. The Morgan fingerprint density at radius 3 is 2.67 bits per heavy atom. The lowest BCUT2D eigenvalue weighted by Gasteiger charge is -2.37. The van der Waals surface area contributed by atoms with Crippen molar-refractivity contribution in [2.45, 2.75) is 50.6 Å². The Hall–Kier alpha value is -1.06. The Morgan fingerprint density at radius 2 is 2.00 bits per heavy atom. The molecule has 0 aliphatic heterocycles. The van der Waals surface area contributed by atoms with E-state index in [4.69, 9.17) is 4.74 Å². The highest BCUT2D eigenvalue weighted by atomic mass is 16.5. The predicted molar refractivity (Wildman–Crippen MR) is 87.0 cm³/mol. The van der Waals surface area contributed by atoms with Crippen molar-refractivity contribution in [3.05, 3.63) is 29.8 Å². The second-order valence-electron chi connectivity index (χ2n) is 6.42. The number of rotatable bonds is 8. The number of benzene rings is 1. The van der Waals surface area contributed by atoms with E-state index in [1.165, 1.54) is 44.3 Å². The summed E-state index contributed by atoms with van der Waals surface area (Å²) in [4.78, 5) is 2.61. The Labute approximate surface area is 128 Å². The van der Waals surface area contributed by atoms with Crippen LogP contribution in [-0.2, 0) is 0 Å². The number of nitrogens with zero attached hydrogens (tertiary/aromatic N) is 1. The summed E-state index contributed by atoms with van der Waals surface area (Å²) in [5.74, 6) is 1.72. The van der Waals surface area contributed by atoms with Crippen LogP contribution in [0, 0.1) is 0 Å². The first-order valence-corrected chi connectivity index (χ1v) is 8.42. The van der Waals surface area contributed by atoms with Crippen LogP contribution in [0.5, 0.6) is 5.75 Å². The lowest BCUT2D eigenvalue weighted by Crippen LogP contribution is -2.44. The molecule has 3 nitrogen and oxygen atoms in total. The highest BCUT2D eigenvalue weighted by Crippen LogP contribution is 2.40. The summed E-state index contributed by atoms with van der Waals surface area (Å²) < 4.78 is 5.47. The maximum Gasteiger partial charge on any atom is 0.122 e. The van der Waals surface area contributed by atoms with Crippen molar-refractivity contribution in [3.63, 3.8) is 0 Å². The molecule has 21 heavy (non-hydrogen) atoms. The zero-order valence-electron chi connectivity index (χ0n) is 13.3. The average molecular weight is 288 g/mol. The summed E-state index contributed by atoms with van der Waals surface area (Å²) in [5, 5.41) is 3.72. The van der Waals surface area contributed by atoms with Crippen LogP contribution in [0.25, 0.3) is 0 Å². The van der Waals surface area contributed by atoms with Crippen molar-refractivity contribution in [1.82, 2.24) is 10.2 Å². The van der Waals surface area contributed by atoms with Crippen molar-refractivity contribution in [3.8, 4) is 5.75 Å². The topological polar surface area (TPSA) is 24.5 Å². The van der Waals surface area contributed by atoms with Gasteiger partial charge in [0.1, 0.15) is 5.75 Å². The van der Waals surface area contributed by atoms with E-state index in [1.807, 2.05) is 6.07 Å². The van der Waals surface area contributed by atoms with Gasteiger partial charge in [-0.1, -0.05) is 25.1 Å².